The Morgan fingerprint density at radius 2 is 1.88 bits per heavy atom. The molecule has 0 bridgehead atoms. The number of aromatic nitrogens is 2. The van der Waals surface area contributed by atoms with Crippen molar-refractivity contribution >= 4 is 17.4 Å². The third-order valence-electron chi connectivity index (χ3n) is 5.53. The molecule has 166 valence electrons. The first-order valence-corrected chi connectivity index (χ1v) is 9.98. The number of hydrogen-bond donors (Lipinski definition) is 2. The van der Waals surface area contributed by atoms with Gasteiger partial charge in [-0.3, -0.25) is 4.79 Å². The Labute approximate surface area is 181 Å². The Balaban J connectivity index is 1.42. The maximum Gasteiger partial charge on any atom is 0.410 e. The van der Waals surface area contributed by atoms with Gasteiger partial charge in [0.15, 0.2) is 23.2 Å². The molecule has 7 nitrogen and oxygen atoms in total. The number of carbonyl (C=O) groups excluding carboxylic acids is 1. The van der Waals surface area contributed by atoms with Crippen molar-refractivity contribution in [3.63, 3.8) is 0 Å². The van der Waals surface area contributed by atoms with Crippen LogP contribution >= 0.6 is 0 Å². The molecule has 0 spiro atoms. The van der Waals surface area contributed by atoms with Gasteiger partial charge in [-0.05, 0) is 24.6 Å². The molecule has 0 saturated heterocycles. The van der Waals surface area contributed by atoms with E-state index in [1.165, 1.54) is 6.07 Å². The predicted octanol–water partition coefficient (Wildman–Crippen LogP) is 4.83. The highest BCUT2D eigenvalue weighted by Gasteiger charge is 2.46. The van der Waals surface area contributed by atoms with Crippen LogP contribution in [0.15, 0.2) is 48.5 Å². The van der Waals surface area contributed by atoms with E-state index < -0.39 is 24.2 Å². The Morgan fingerprint density at radius 3 is 2.62 bits per heavy atom. The predicted molar refractivity (Wildman–Crippen MR) is 110 cm³/mol. The quantitative estimate of drug-likeness (QED) is 0.605. The van der Waals surface area contributed by atoms with Gasteiger partial charge in [0.25, 0.3) is 5.91 Å². The van der Waals surface area contributed by atoms with E-state index in [-0.39, 0.29) is 24.7 Å². The monoisotopic (exact) mass is 444 g/mol. The highest BCUT2D eigenvalue weighted by atomic mass is 19.4. The lowest BCUT2D eigenvalue weighted by Gasteiger charge is -2.33. The van der Waals surface area contributed by atoms with Crippen LogP contribution in [0.2, 0.25) is 0 Å². The van der Waals surface area contributed by atoms with Crippen LogP contribution in [0.3, 0.4) is 0 Å². The van der Waals surface area contributed by atoms with Crippen LogP contribution in [0.25, 0.3) is 0 Å². The second kappa shape index (κ2) is 7.47. The van der Waals surface area contributed by atoms with Crippen molar-refractivity contribution in [2.75, 3.05) is 17.4 Å². The second-order valence-electron chi connectivity index (χ2n) is 7.78. The van der Waals surface area contributed by atoms with E-state index in [2.05, 4.69) is 15.7 Å². The van der Waals surface area contributed by atoms with Crippen molar-refractivity contribution in [3.8, 4) is 11.5 Å². The number of amides is 1. The summed E-state index contributed by atoms with van der Waals surface area (Å²) in [5.74, 6) is 0.548. The smallest absolute Gasteiger partial charge is 0.410 e. The van der Waals surface area contributed by atoms with E-state index in [9.17, 15) is 18.0 Å². The van der Waals surface area contributed by atoms with E-state index >= 15 is 0 Å². The van der Waals surface area contributed by atoms with E-state index in [1.807, 2.05) is 19.1 Å². The number of nitrogens with zero attached hydrogens (tertiary/aromatic N) is 2. The van der Waals surface area contributed by atoms with Gasteiger partial charge in [0.05, 0.1) is 6.04 Å². The minimum atomic E-state index is -4.52. The summed E-state index contributed by atoms with van der Waals surface area (Å²) in [6.07, 6.45) is -4.75. The van der Waals surface area contributed by atoms with E-state index in [0.717, 1.165) is 15.8 Å². The van der Waals surface area contributed by atoms with Crippen LogP contribution in [-0.4, -0.2) is 28.7 Å². The van der Waals surface area contributed by atoms with Crippen molar-refractivity contribution in [1.82, 2.24) is 9.78 Å². The lowest BCUT2D eigenvalue weighted by atomic mass is 9.96. The molecule has 2 atom stereocenters. The standard InChI is InChI=1S/C22H19F3N4O3/c1-12-2-4-13(5-3-12)15-9-19(22(23,24)25)29-20(27-15)10-16(28-29)21(30)26-14-6-7-17-18(8-14)32-11-31-17/h2-8,10,15,19,27H,9,11H2,1H3,(H,26,30)/t15-,19+/m0/s1. The number of hydrogen-bond acceptors (Lipinski definition) is 5. The van der Waals surface area contributed by atoms with Gasteiger partial charge in [0.2, 0.25) is 6.79 Å². The molecule has 32 heavy (non-hydrogen) atoms. The minimum Gasteiger partial charge on any atom is -0.454 e. The highest BCUT2D eigenvalue weighted by molar-refractivity contribution is 6.03. The summed E-state index contributed by atoms with van der Waals surface area (Å²) in [5.41, 5.74) is 2.06. The molecule has 0 unspecified atom stereocenters. The summed E-state index contributed by atoms with van der Waals surface area (Å²) < 4.78 is 52.9. The van der Waals surface area contributed by atoms with Gasteiger partial charge in [-0.25, -0.2) is 4.68 Å². The van der Waals surface area contributed by atoms with Crippen molar-refractivity contribution < 1.29 is 27.4 Å². The van der Waals surface area contributed by atoms with Gasteiger partial charge in [-0.2, -0.15) is 18.3 Å². The van der Waals surface area contributed by atoms with Crippen molar-refractivity contribution in [2.24, 2.45) is 0 Å². The summed E-state index contributed by atoms with van der Waals surface area (Å²) in [6.45, 7) is 2.00. The van der Waals surface area contributed by atoms with Crippen LogP contribution in [-0.2, 0) is 0 Å². The van der Waals surface area contributed by atoms with Crippen LogP contribution in [0.1, 0.15) is 40.1 Å². The molecule has 1 amide bonds. The number of anilines is 2. The molecular weight excluding hydrogens is 425 g/mol. The fourth-order valence-corrected chi connectivity index (χ4v) is 3.87. The number of halogens is 3. The molecule has 2 aliphatic rings. The molecule has 3 aromatic rings. The summed E-state index contributed by atoms with van der Waals surface area (Å²) in [5, 5.41) is 9.71. The number of benzene rings is 2. The third kappa shape index (κ3) is 3.72. The zero-order chi connectivity index (χ0) is 22.5. The molecule has 0 fully saturated rings. The number of alkyl halides is 3. The maximum atomic E-state index is 13.8. The molecule has 0 aliphatic carbocycles. The number of aryl methyl sites for hydroxylation is 1. The van der Waals surface area contributed by atoms with Crippen LogP contribution in [0, 0.1) is 6.92 Å². The van der Waals surface area contributed by atoms with Crippen LogP contribution < -0.4 is 20.1 Å². The van der Waals surface area contributed by atoms with E-state index in [0.29, 0.717) is 17.2 Å². The molecule has 0 radical (unpaired) electrons. The Kier molecular flexibility index (Phi) is 4.72. The first kappa shape index (κ1) is 20.2. The lowest BCUT2D eigenvalue weighted by Crippen LogP contribution is -2.35. The average Bonchev–Trinajstić information content (AvgIpc) is 3.39. The number of fused-ring (bicyclic) bond motifs is 2. The average molecular weight is 444 g/mol. The topological polar surface area (TPSA) is 77.4 Å². The molecule has 3 heterocycles. The van der Waals surface area contributed by atoms with Gasteiger partial charge in [-0.15, -0.1) is 0 Å². The number of rotatable bonds is 3. The molecule has 1 aromatic heterocycles. The first-order chi connectivity index (χ1) is 15.3. The number of carbonyl (C=O) groups is 1. The maximum absolute atomic E-state index is 13.8. The minimum absolute atomic E-state index is 0.0904. The Morgan fingerprint density at radius 1 is 1.12 bits per heavy atom. The zero-order valence-corrected chi connectivity index (χ0v) is 16.9. The van der Waals surface area contributed by atoms with Crippen molar-refractivity contribution in [2.45, 2.75) is 31.6 Å². The Hall–Kier alpha value is -3.69. The molecule has 2 aromatic carbocycles. The van der Waals surface area contributed by atoms with Crippen LogP contribution in [0.4, 0.5) is 24.7 Å². The van der Waals surface area contributed by atoms with Gasteiger partial charge >= 0.3 is 6.18 Å². The van der Waals surface area contributed by atoms with Crippen molar-refractivity contribution in [1.29, 1.82) is 0 Å². The van der Waals surface area contributed by atoms with Gasteiger partial charge in [0, 0.05) is 24.2 Å². The molecule has 5 rings (SSSR count). The van der Waals surface area contributed by atoms with Crippen LogP contribution in [0.5, 0.6) is 11.5 Å². The molecule has 2 aliphatic heterocycles. The Bertz CT molecular complexity index is 1170. The summed E-state index contributed by atoms with van der Waals surface area (Å²) in [6, 6.07) is 11.1. The number of nitrogens with one attached hydrogen (secondary N) is 2. The molecule has 2 N–H and O–H groups in total. The van der Waals surface area contributed by atoms with Gasteiger partial charge in [0.1, 0.15) is 5.82 Å². The number of ether oxygens (including phenoxy) is 2. The third-order valence-corrected chi connectivity index (χ3v) is 5.53. The highest BCUT2D eigenvalue weighted by Crippen LogP contribution is 2.43. The zero-order valence-electron chi connectivity index (χ0n) is 16.9. The van der Waals surface area contributed by atoms with Gasteiger partial charge in [-0.1, -0.05) is 29.8 Å². The lowest BCUT2D eigenvalue weighted by molar-refractivity contribution is -0.173. The summed E-state index contributed by atoms with van der Waals surface area (Å²) >= 11 is 0. The van der Waals surface area contributed by atoms with Gasteiger partial charge < -0.3 is 20.1 Å². The summed E-state index contributed by atoms with van der Waals surface area (Å²) in [7, 11) is 0. The fraction of sp³-hybridized carbons (Fsp3) is 0.273. The van der Waals surface area contributed by atoms with E-state index in [1.54, 1.807) is 30.3 Å². The molecule has 0 saturated carbocycles. The molecule has 10 heteroatoms. The normalized spacial score (nSPS) is 19.2. The fourth-order valence-electron chi connectivity index (χ4n) is 3.87. The first-order valence-electron chi connectivity index (χ1n) is 9.98. The summed E-state index contributed by atoms with van der Waals surface area (Å²) in [4.78, 5) is 12.7. The largest absolute Gasteiger partial charge is 0.454 e. The molecular formula is C22H19F3N4O3. The van der Waals surface area contributed by atoms with E-state index in [4.69, 9.17) is 9.47 Å². The SMILES string of the molecule is Cc1ccc([C@@H]2C[C@H](C(F)(F)F)n3nc(C(=O)Nc4ccc5c(c4)OCO5)cc3N2)cc1. The van der Waals surface area contributed by atoms with Crippen molar-refractivity contribution in [3.05, 3.63) is 65.4 Å². The second-order valence-corrected chi connectivity index (χ2v) is 7.78.